The minimum absolute atomic E-state index is 0.294. The summed E-state index contributed by atoms with van der Waals surface area (Å²) in [6.45, 7) is 9.91. The third kappa shape index (κ3) is 5.15. The molecule has 3 rings (SSSR count). The fourth-order valence-corrected chi connectivity index (χ4v) is 3.31. The van der Waals surface area contributed by atoms with Gasteiger partial charge in [0, 0.05) is 70.0 Å². The van der Waals surface area contributed by atoms with E-state index in [1.807, 2.05) is 18.7 Å². The van der Waals surface area contributed by atoms with Crippen LogP contribution >= 0.6 is 0 Å². The molecule has 2 aromatic rings. The summed E-state index contributed by atoms with van der Waals surface area (Å²) in [7, 11) is 0. The van der Waals surface area contributed by atoms with Gasteiger partial charge in [-0.1, -0.05) is 0 Å². The molecule has 1 N–H and O–H groups in total. The quantitative estimate of drug-likeness (QED) is 0.678. The summed E-state index contributed by atoms with van der Waals surface area (Å²) < 4.78 is 3.72. The van der Waals surface area contributed by atoms with Gasteiger partial charge in [-0.05, 0) is 26.3 Å². The lowest BCUT2D eigenvalue weighted by atomic mass is 10.2. The second-order valence-electron chi connectivity index (χ2n) is 6.96. The Hall–Kier alpha value is -2.19. The standard InChI is InChI=1S/C18H28N6O2/c1-16-14-24(18(26)20-17(16)25)6-3-2-5-21-8-10-22(11-9-21)12-13-23-7-4-19-15-23/h4,7,14-15H,2-3,5-6,8-13H2,1H3,(H,20,25,26). The van der Waals surface area contributed by atoms with E-state index in [4.69, 9.17) is 0 Å². The van der Waals surface area contributed by atoms with Crippen molar-refractivity contribution in [1.29, 1.82) is 0 Å². The number of nitrogens with one attached hydrogen (secondary N) is 1. The Morgan fingerprint density at radius 1 is 1.00 bits per heavy atom. The Balaban J connectivity index is 1.32. The number of aryl methyl sites for hydroxylation is 2. The van der Waals surface area contributed by atoms with Gasteiger partial charge < -0.3 is 14.0 Å². The molecule has 8 heteroatoms. The zero-order valence-corrected chi connectivity index (χ0v) is 15.4. The van der Waals surface area contributed by atoms with Gasteiger partial charge in [0.05, 0.1) is 6.33 Å². The van der Waals surface area contributed by atoms with E-state index in [1.165, 1.54) is 0 Å². The van der Waals surface area contributed by atoms with Gasteiger partial charge in [0.2, 0.25) is 0 Å². The summed E-state index contributed by atoms with van der Waals surface area (Å²) in [5.74, 6) is 0. The lowest BCUT2D eigenvalue weighted by Crippen LogP contribution is -2.47. The number of aromatic amines is 1. The van der Waals surface area contributed by atoms with E-state index < -0.39 is 0 Å². The Morgan fingerprint density at radius 3 is 2.38 bits per heavy atom. The molecule has 0 spiro atoms. The van der Waals surface area contributed by atoms with Crippen molar-refractivity contribution in [3.05, 3.63) is 51.3 Å². The van der Waals surface area contributed by atoms with E-state index in [0.29, 0.717) is 12.1 Å². The molecule has 0 radical (unpaired) electrons. The molecule has 1 aliphatic heterocycles. The van der Waals surface area contributed by atoms with Crippen LogP contribution in [0.25, 0.3) is 0 Å². The third-order valence-electron chi connectivity index (χ3n) is 5.01. The highest BCUT2D eigenvalue weighted by Crippen LogP contribution is 2.05. The summed E-state index contributed by atoms with van der Waals surface area (Å²) in [6.07, 6.45) is 9.34. The third-order valence-corrected chi connectivity index (χ3v) is 5.01. The van der Waals surface area contributed by atoms with E-state index >= 15 is 0 Å². The minimum atomic E-state index is -0.313. The minimum Gasteiger partial charge on any atom is -0.336 e. The highest BCUT2D eigenvalue weighted by Gasteiger charge is 2.16. The molecular weight excluding hydrogens is 332 g/mol. The number of hydrogen-bond donors (Lipinski definition) is 1. The molecule has 0 amide bonds. The molecule has 3 heterocycles. The van der Waals surface area contributed by atoms with Gasteiger partial charge in [0.25, 0.3) is 5.56 Å². The predicted molar refractivity (Wildman–Crippen MR) is 100 cm³/mol. The normalized spacial score (nSPS) is 16.2. The van der Waals surface area contributed by atoms with Gasteiger partial charge in [-0.15, -0.1) is 0 Å². The molecular formula is C18H28N6O2. The first kappa shape index (κ1) is 18.6. The first-order valence-corrected chi connectivity index (χ1v) is 9.32. The Morgan fingerprint density at radius 2 is 1.69 bits per heavy atom. The fourth-order valence-electron chi connectivity index (χ4n) is 3.31. The predicted octanol–water partition coefficient (Wildman–Crippen LogP) is 0.140. The number of rotatable bonds is 8. The van der Waals surface area contributed by atoms with Crippen molar-refractivity contribution in [2.45, 2.75) is 32.9 Å². The van der Waals surface area contributed by atoms with E-state index in [0.717, 1.165) is 58.7 Å². The zero-order chi connectivity index (χ0) is 18.4. The van der Waals surface area contributed by atoms with Gasteiger partial charge in [0.15, 0.2) is 0 Å². The van der Waals surface area contributed by atoms with Gasteiger partial charge in [-0.2, -0.15) is 0 Å². The number of imidazole rings is 1. The Bertz CT molecular complexity index is 787. The zero-order valence-electron chi connectivity index (χ0n) is 15.4. The van der Waals surface area contributed by atoms with E-state index in [1.54, 1.807) is 17.7 Å². The molecule has 0 atom stereocenters. The van der Waals surface area contributed by atoms with Crippen LogP contribution in [0.1, 0.15) is 18.4 Å². The first-order chi connectivity index (χ1) is 12.6. The highest BCUT2D eigenvalue weighted by atomic mass is 16.2. The van der Waals surface area contributed by atoms with Crippen molar-refractivity contribution >= 4 is 0 Å². The largest absolute Gasteiger partial charge is 0.336 e. The molecule has 0 aliphatic carbocycles. The maximum absolute atomic E-state index is 11.8. The van der Waals surface area contributed by atoms with Gasteiger partial charge in [0.1, 0.15) is 0 Å². The average Bonchev–Trinajstić information content (AvgIpc) is 3.15. The van der Waals surface area contributed by atoms with Crippen LogP contribution in [0, 0.1) is 6.92 Å². The Kier molecular flexibility index (Phi) is 6.40. The SMILES string of the molecule is Cc1cn(CCCCN2CCN(CCn3ccnc3)CC2)c(=O)[nH]c1=O. The van der Waals surface area contributed by atoms with E-state index in [-0.39, 0.29) is 11.2 Å². The smallest absolute Gasteiger partial charge is 0.328 e. The second kappa shape index (κ2) is 8.95. The molecule has 0 aromatic carbocycles. The van der Waals surface area contributed by atoms with Crippen LogP contribution in [0.4, 0.5) is 0 Å². The lowest BCUT2D eigenvalue weighted by Gasteiger charge is -2.34. The maximum atomic E-state index is 11.8. The van der Waals surface area contributed by atoms with Gasteiger partial charge in [-0.25, -0.2) is 9.78 Å². The van der Waals surface area contributed by atoms with Crippen LogP contribution in [0.15, 0.2) is 34.5 Å². The van der Waals surface area contributed by atoms with Crippen molar-refractivity contribution in [1.82, 2.24) is 28.9 Å². The van der Waals surface area contributed by atoms with Crippen LogP contribution in [0.3, 0.4) is 0 Å². The Labute approximate surface area is 153 Å². The van der Waals surface area contributed by atoms with E-state index in [9.17, 15) is 9.59 Å². The van der Waals surface area contributed by atoms with Crippen LogP contribution in [0.2, 0.25) is 0 Å². The maximum Gasteiger partial charge on any atom is 0.328 e. The van der Waals surface area contributed by atoms with Crippen LogP contribution in [-0.2, 0) is 13.1 Å². The summed E-state index contributed by atoms with van der Waals surface area (Å²) in [5.41, 5.74) is -0.0271. The molecule has 1 fully saturated rings. The summed E-state index contributed by atoms with van der Waals surface area (Å²) in [5, 5.41) is 0. The molecule has 0 unspecified atom stereocenters. The molecule has 1 saturated heterocycles. The number of H-pyrrole nitrogens is 1. The molecule has 0 saturated carbocycles. The van der Waals surface area contributed by atoms with Crippen LogP contribution in [-0.4, -0.2) is 68.2 Å². The number of nitrogens with zero attached hydrogens (tertiary/aromatic N) is 5. The number of hydrogen-bond acceptors (Lipinski definition) is 5. The van der Waals surface area contributed by atoms with Crippen molar-refractivity contribution in [2.24, 2.45) is 0 Å². The van der Waals surface area contributed by atoms with Gasteiger partial charge >= 0.3 is 5.69 Å². The summed E-state index contributed by atoms with van der Waals surface area (Å²) in [4.78, 5) is 34.6. The number of aromatic nitrogens is 4. The highest BCUT2D eigenvalue weighted by molar-refractivity contribution is 5.00. The van der Waals surface area contributed by atoms with Crippen molar-refractivity contribution in [3.63, 3.8) is 0 Å². The van der Waals surface area contributed by atoms with Gasteiger partial charge in [-0.3, -0.25) is 14.7 Å². The van der Waals surface area contributed by atoms with Crippen LogP contribution in [0.5, 0.6) is 0 Å². The monoisotopic (exact) mass is 360 g/mol. The molecule has 26 heavy (non-hydrogen) atoms. The van der Waals surface area contributed by atoms with Crippen LogP contribution < -0.4 is 11.2 Å². The fraction of sp³-hybridized carbons (Fsp3) is 0.611. The second-order valence-corrected chi connectivity index (χ2v) is 6.96. The van der Waals surface area contributed by atoms with Crippen molar-refractivity contribution < 1.29 is 0 Å². The lowest BCUT2D eigenvalue weighted by molar-refractivity contribution is 0.127. The first-order valence-electron chi connectivity index (χ1n) is 9.32. The molecule has 2 aromatic heterocycles. The number of piperazine rings is 1. The molecule has 1 aliphatic rings. The van der Waals surface area contributed by atoms with Crippen molar-refractivity contribution in [3.8, 4) is 0 Å². The molecule has 142 valence electrons. The number of unbranched alkanes of at least 4 members (excludes halogenated alkanes) is 1. The summed E-state index contributed by atoms with van der Waals surface area (Å²) in [6, 6.07) is 0. The summed E-state index contributed by atoms with van der Waals surface area (Å²) >= 11 is 0. The molecule has 0 bridgehead atoms. The van der Waals surface area contributed by atoms with Crippen molar-refractivity contribution in [2.75, 3.05) is 39.3 Å². The molecule has 8 nitrogen and oxygen atoms in total. The average molecular weight is 360 g/mol. The topological polar surface area (TPSA) is 79.2 Å². The van der Waals surface area contributed by atoms with E-state index in [2.05, 4.69) is 24.3 Å².